The van der Waals surface area contributed by atoms with Crippen molar-refractivity contribution in [2.75, 3.05) is 11.5 Å². The molecule has 1 saturated heterocycles. The van der Waals surface area contributed by atoms with Crippen LogP contribution in [0.15, 0.2) is 0 Å². The molecular weight excluding hydrogens is 192 g/mol. The molecular formula is C7H14N2O3S. The molecule has 1 aliphatic rings. The van der Waals surface area contributed by atoms with Gasteiger partial charge in [0.25, 0.3) is 0 Å². The van der Waals surface area contributed by atoms with E-state index in [0.29, 0.717) is 6.42 Å². The van der Waals surface area contributed by atoms with Crippen LogP contribution in [0.2, 0.25) is 0 Å². The first-order chi connectivity index (χ1) is 6.03. The fraction of sp³-hybridized carbons (Fsp3) is 0.857. The lowest BCUT2D eigenvalue weighted by molar-refractivity contribution is -0.122. The summed E-state index contributed by atoms with van der Waals surface area (Å²) in [5.74, 6) is 4.95. The molecule has 1 fully saturated rings. The molecule has 0 aromatic rings. The summed E-state index contributed by atoms with van der Waals surface area (Å²) >= 11 is 0. The molecule has 1 aliphatic heterocycles. The molecule has 0 radical (unpaired) electrons. The molecule has 13 heavy (non-hydrogen) atoms. The molecule has 0 spiro atoms. The Morgan fingerprint density at radius 1 is 1.54 bits per heavy atom. The fourth-order valence-corrected chi connectivity index (χ4v) is 3.38. The van der Waals surface area contributed by atoms with E-state index >= 15 is 0 Å². The first kappa shape index (κ1) is 10.5. The number of hydrazine groups is 1. The Labute approximate surface area is 77.6 Å². The first-order valence-corrected chi connectivity index (χ1v) is 6.05. The SMILES string of the molecule is NNC(=O)CC1CCCS(=O)(=O)C1. The number of hydrogen-bond acceptors (Lipinski definition) is 4. The second-order valence-corrected chi connectivity index (χ2v) is 5.62. The molecule has 0 bridgehead atoms. The van der Waals surface area contributed by atoms with E-state index in [2.05, 4.69) is 0 Å². The van der Waals surface area contributed by atoms with Gasteiger partial charge in [0, 0.05) is 6.42 Å². The molecule has 3 N–H and O–H groups in total. The van der Waals surface area contributed by atoms with E-state index in [1.807, 2.05) is 5.43 Å². The molecule has 0 aromatic carbocycles. The zero-order chi connectivity index (χ0) is 9.90. The van der Waals surface area contributed by atoms with E-state index in [1.54, 1.807) is 0 Å². The average Bonchev–Trinajstić information content (AvgIpc) is 2.02. The van der Waals surface area contributed by atoms with Crippen LogP contribution in [0.1, 0.15) is 19.3 Å². The van der Waals surface area contributed by atoms with Gasteiger partial charge in [-0.25, -0.2) is 14.3 Å². The summed E-state index contributed by atoms with van der Waals surface area (Å²) in [5.41, 5.74) is 2.01. The van der Waals surface area contributed by atoms with Crippen molar-refractivity contribution >= 4 is 15.7 Å². The minimum Gasteiger partial charge on any atom is -0.294 e. The summed E-state index contributed by atoms with van der Waals surface area (Å²) in [6.45, 7) is 0. The van der Waals surface area contributed by atoms with Gasteiger partial charge in [-0.05, 0) is 18.8 Å². The first-order valence-electron chi connectivity index (χ1n) is 4.23. The number of nitrogens with one attached hydrogen (secondary N) is 1. The van der Waals surface area contributed by atoms with Gasteiger partial charge in [-0.2, -0.15) is 0 Å². The van der Waals surface area contributed by atoms with Crippen LogP contribution < -0.4 is 11.3 Å². The lowest BCUT2D eigenvalue weighted by Crippen LogP contribution is -2.34. The maximum absolute atomic E-state index is 11.2. The molecule has 1 amide bonds. The number of carbonyl (C=O) groups excluding carboxylic acids is 1. The highest BCUT2D eigenvalue weighted by Crippen LogP contribution is 2.20. The third-order valence-electron chi connectivity index (χ3n) is 2.19. The van der Waals surface area contributed by atoms with E-state index in [9.17, 15) is 13.2 Å². The molecule has 0 saturated carbocycles. The fourth-order valence-electron chi connectivity index (χ4n) is 1.60. The Balaban J connectivity index is 2.48. The maximum atomic E-state index is 11.2. The summed E-state index contributed by atoms with van der Waals surface area (Å²) in [7, 11) is -2.91. The summed E-state index contributed by atoms with van der Waals surface area (Å²) in [6, 6.07) is 0. The molecule has 5 nitrogen and oxygen atoms in total. The van der Waals surface area contributed by atoms with Crippen molar-refractivity contribution in [2.45, 2.75) is 19.3 Å². The van der Waals surface area contributed by atoms with Crippen LogP contribution in [0.25, 0.3) is 0 Å². The Kier molecular flexibility index (Phi) is 3.27. The summed E-state index contributed by atoms with van der Waals surface area (Å²) in [5, 5.41) is 0. The van der Waals surface area contributed by atoms with Crippen LogP contribution in [0.4, 0.5) is 0 Å². The van der Waals surface area contributed by atoms with Crippen molar-refractivity contribution in [2.24, 2.45) is 11.8 Å². The summed E-state index contributed by atoms with van der Waals surface area (Å²) in [6.07, 6.45) is 1.67. The molecule has 1 unspecified atom stereocenters. The lowest BCUT2D eigenvalue weighted by atomic mass is 10.0. The van der Waals surface area contributed by atoms with Crippen LogP contribution in [0.5, 0.6) is 0 Å². The number of hydrogen-bond donors (Lipinski definition) is 2. The van der Waals surface area contributed by atoms with Crippen LogP contribution in [0, 0.1) is 5.92 Å². The number of nitrogens with two attached hydrogens (primary N) is 1. The molecule has 1 atom stereocenters. The van der Waals surface area contributed by atoms with Crippen LogP contribution in [-0.2, 0) is 14.6 Å². The van der Waals surface area contributed by atoms with Crippen molar-refractivity contribution in [1.82, 2.24) is 5.43 Å². The van der Waals surface area contributed by atoms with Gasteiger partial charge in [-0.1, -0.05) is 0 Å². The third kappa shape index (κ3) is 3.31. The Morgan fingerprint density at radius 2 is 2.23 bits per heavy atom. The van der Waals surface area contributed by atoms with Gasteiger partial charge < -0.3 is 0 Å². The predicted molar refractivity (Wildman–Crippen MR) is 48.3 cm³/mol. The lowest BCUT2D eigenvalue weighted by Gasteiger charge is -2.20. The van der Waals surface area contributed by atoms with E-state index in [1.165, 1.54) is 0 Å². The van der Waals surface area contributed by atoms with Gasteiger partial charge in [0.15, 0.2) is 9.84 Å². The quantitative estimate of drug-likeness (QED) is 0.351. The minimum absolute atomic E-state index is 0.0534. The van der Waals surface area contributed by atoms with Gasteiger partial charge in [0.1, 0.15) is 0 Å². The Hall–Kier alpha value is -0.620. The third-order valence-corrected chi connectivity index (χ3v) is 4.08. The Morgan fingerprint density at radius 3 is 2.77 bits per heavy atom. The molecule has 0 aromatic heterocycles. The van der Waals surface area contributed by atoms with Crippen molar-refractivity contribution in [3.8, 4) is 0 Å². The van der Waals surface area contributed by atoms with E-state index in [0.717, 1.165) is 6.42 Å². The van der Waals surface area contributed by atoms with Crippen LogP contribution >= 0.6 is 0 Å². The van der Waals surface area contributed by atoms with Gasteiger partial charge in [0.05, 0.1) is 11.5 Å². The molecule has 6 heteroatoms. The molecule has 0 aliphatic carbocycles. The van der Waals surface area contributed by atoms with Gasteiger partial charge in [0.2, 0.25) is 5.91 Å². The second kappa shape index (κ2) is 4.06. The van der Waals surface area contributed by atoms with Gasteiger partial charge in [-0.3, -0.25) is 10.2 Å². The minimum atomic E-state index is -2.91. The number of sulfone groups is 1. The predicted octanol–water partition coefficient (Wildman–Crippen LogP) is -0.809. The van der Waals surface area contributed by atoms with E-state index in [-0.39, 0.29) is 29.8 Å². The van der Waals surface area contributed by atoms with Gasteiger partial charge >= 0.3 is 0 Å². The standard InChI is InChI=1S/C7H14N2O3S/c8-9-7(10)4-6-2-1-3-13(11,12)5-6/h6H,1-5,8H2,(H,9,10). The van der Waals surface area contributed by atoms with Crippen molar-refractivity contribution in [3.05, 3.63) is 0 Å². The van der Waals surface area contributed by atoms with Crippen LogP contribution in [-0.4, -0.2) is 25.8 Å². The van der Waals surface area contributed by atoms with E-state index in [4.69, 9.17) is 5.84 Å². The highest BCUT2D eigenvalue weighted by Gasteiger charge is 2.25. The maximum Gasteiger partial charge on any atom is 0.234 e. The molecule has 1 heterocycles. The second-order valence-electron chi connectivity index (χ2n) is 3.39. The smallest absolute Gasteiger partial charge is 0.234 e. The van der Waals surface area contributed by atoms with Crippen LogP contribution in [0.3, 0.4) is 0 Å². The molecule has 76 valence electrons. The highest BCUT2D eigenvalue weighted by atomic mass is 32.2. The largest absolute Gasteiger partial charge is 0.294 e. The summed E-state index contributed by atoms with van der Waals surface area (Å²) in [4.78, 5) is 10.9. The summed E-state index contributed by atoms with van der Waals surface area (Å²) < 4.78 is 22.3. The number of carbonyl (C=O) groups is 1. The monoisotopic (exact) mass is 206 g/mol. The topological polar surface area (TPSA) is 89.3 Å². The van der Waals surface area contributed by atoms with Crippen molar-refractivity contribution in [3.63, 3.8) is 0 Å². The Bertz CT molecular complexity index is 286. The van der Waals surface area contributed by atoms with Crippen molar-refractivity contribution in [1.29, 1.82) is 0 Å². The number of rotatable bonds is 2. The van der Waals surface area contributed by atoms with E-state index < -0.39 is 9.84 Å². The van der Waals surface area contributed by atoms with Gasteiger partial charge in [-0.15, -0.1) is 0 Å². The molecule has 1 rings (SSSR count). The normalized spacial score (nSPS) is 26.7. The average molecular weight is 206 g/mol. The zero-order valence-corrected chi connectivity index (χ0v) is 8.14. The zero-order valence-electron chi connectivity index (χ0n) is 7.32. The van der Waals surface area contributed by atoms with Crippen molar-refractivity contribution < 1.29 is 13.2 Å². The number of amides is 1. The highest BCUT2D eigenvalue weighted by molar-refractivity contribution is 7.91.